The van der Waals surface area contributed by atoms with Gasteiger partial charge >= 0.3 is 5.97 Å². The number of nitrogens with zero attached hydrogens (tertiary/aromatic N) is 1. The molecule has 2 fully saturated rings. The Morgan fingerprint density at radius 1 is 0.947 bits per heavy atom. The largest absolute Gasteiger partial charge is 0.508 e. The number of nitrogens with one attached hydrogen (secondary N) is 1. The standard InChI is InChI=1S/C30H26N2O6/c1-18(33)21-10-12-22(13-11-21)32-27(35)25-24(16-9-19-5-3-2-4-6-19)31-30(29(37)38,26(25)28(32)36)17-20-7-14-23(34)15-8-20/h2-16,24-26,31,34H,17H2,1H3,(H,37,38). The zero-order chi connectivity index (χ0) is 27.0. The van der Waals surface area contributed by atoms with Gasteiger partial charge in [-0.25, -0.2) is 4.90 Å². The number of fused-ring (bicyclic) bond motifs is 1. The fraction of sp³-hybridized carbons (Fsp3) is 0.200. The van der Waals surface area contributed by atoms with Crippen molar-refractivity contribution in [2.24, 2.45) is 11.8 Å². The van der Waals surface area contributed by atoms with E-state index in [0.717, 1.165) is 10.5 Å². The molecule has 0 saturated carbocycles. The summed E-state index contributed by atoms with van der Waals surface area (Å²) in [4.78, 5) is 53.3. The number of carboxylic acids is 1. The van der Waals surface area contributed by atoms with E-state index < -0.39 is 41.2 Å². The van der Waals surface area contributed by atoms with Gasteiger partial charge in [-0.05, 0) is 54.4 Å². The highest BCUT2D eigenvalue weighted by atomic mass is 16.4. The Labute approximate surface area is 219 Å². The fourth-order valence-electron chi connectivity index (χ4n) is 5.46. The molecule has 2 aliphatic heterocycles. The molecule has 4 atom stereocenters. The van der Waals surface area contributed by atoms with Crippen LogP contribution in [0.4, 0.5) is 5.69 Å². The number of carbonyl (C=O) groups excluding carboxylic acids is 3. The van der Waals surface area contributed by atoms with Gasteiger partial charge in [0, 0.05) is 18.0 Å². The Morgan fingerprint density at radius 2 is 1.61 bits per heavy atom. The average molecular weight is 511 g/mol. The van der Waals surface area contributed by atoms with Crippen LogP contribution in [-0.4, -0.2) is 45.4 Å². The Kier molecular flexibility index (Phi) is 6.42. The van der Waals surface area contributed by atoms with Crippen molar-refractivity contribution >= 4 is 35.3 Å². The van der Waals surface area contributed by atoms with Gasteiger partial charge in [0.15, 0.2) is 5.78 Å². The summed E-state index contributed by atoms with van der Waals surface area (Å²) in [5, 5.41) is 23.4. The highest BCUT2D eigenvalue weighted by molar-refractivity contribution is 6.24. The first-order chi connectivity index (χ1) is 18.2. The van der Waals surface area contributed by atoms with Gasteiger partial charge in [0.1, 0.15) is 11.3 Å². The predicted molar refractivity (Wildman–Crippen MR) is 140 cm³/mol. The molecule has 0 aromatic heterocycles. The van der Waals surface area contributed by atoms with E-state index in [9.17, 15) is 29.4 Å². The Bertz CT molecular complexity index is 1430. The number of benzene rings is 3. The average Bonchev–Trinajstić information content (AvgIpc) is 3.38. The van der Waals surface area contributed by atoms with Crippen LogP contribution in [0.5, 0.6) is 5.75 Å². The van der Waals surface area contributed by atoms with Gasteiger partial charge in [-0.2, -0.15) is 0 Å². The van der Waals surface area contributed by atoms with Gasteiger partial charge in [0.2, 0.25) is 11.8 Å². The van der Waals surface area contributed by atoms with Gasteiger partial charge in [-0.3, -0.25) is 24.5 Å². The van der Waals surface area contributed by atoms with Crippen molar-refractivity contribution in [1.29, 1.82) is 0 Å². The molecule has 0 bridgehead atoms. The van der Waals surface area contributed by atoms with Crippen molar-refractivity contribution in [3.8, 4) is 5.75 Å². The number of rotatable bonds is 7. The molecule has 3 aromatic carbocycles. The number of amides is 2. The summed E-state index contributed by atoms with van der Waals surface area (Å²) in [7, 11) is 0. The Balaban J connectivity index is 1.58. The molecule has 8 nitrogen and oxygen atoms in total. The molecule has 2 amide bonds. The molecule has 38 heavy (non-hydrogen) atoms. The predicted octanol–water partition coefficient (Wildman–Crippen LogP) is 3.45. The number of carboxylic acid groups (broad SMARTS) is 1. The summed E-state index contributed by atoms with van der Waals surface area (Å²) in [5.41, 5.74) is 0.410. The van der Waals surface area contributed by atoms with Crippen molar-refractivity contribution in [2.45, 2.75) is 24.9 Å². The lowest BCUT2D eigenvalue weighted by Gasteiger charge is -2.31. The van der Waals surface area contributed by atoms with E-state index in [1.807, 2.05) is 30.3 Å². The van der Waals surface area contributed by atoms with E-state index in [1.165, 1.54) is 43.3 Å². The van der Waals surface area contributed by atoms with Gasteiger partial charge in [-0.1, -0.05) is 54.6 Å². The minimum atomic E-state index is -1.77. The molecule has 0 radical (unpaired) electrons. The molecule has 3 aromatic rings. The van der Waals surface area contributed by atoms with Crippen LogP contribution in [0.1, 0.15) is 28.4 Å². The first kappa shape index (κ1) is 25.1. The summed E-state index contributed by atoms with van der Waals surface area (Å²) in [6, 6.07) is 20.9. The molecule has 5 rings (SSSR count). The summed E-state index contributed by atoms with van der Waals surface area (Å²) in [5.74, 6) is -4.61. The number of aliphatic carboxylic acids is 1. The molecule has 2 aliphatic rings. The number of Topliss-reactive ketones (excluding diaryl/α,β-unsaturated/α-hetero) is 1. The third-order valence-electron chi connectivity index (χ3n) is 7.32. The summed E-state index contributed by atoms with van der Waals surface area (Å²) >= 11 is 0. The molecular weight excluding hydrogens is 484 g/mol. The molecule has 0 spiro atoms. The molecule has 192 valence electrons. The van der Waals surface area contributed by atoms with E-state index in [2.05, 4.69) is 5.32 Å². The second-order valence-corrected chi connectivity index (χ2v) is 9.68. The van der Waals surface area contributed by atoms with E-state index in [0.29, 0.717) is 11.1 Å². The van der Waals surface area contributed by atoms with Crippen molar-refractivity contribution in [1.82, 2.24) is 5.32 Å². The second-order valence-electron chi connectivity index (χ2n) is 9.68. The van der Waals surface area contributed by atoms with Crippen LogP contribution in [0.2, 0.25) is 0 Å². The quantitative estimate of drug-likeness (QED) is 0.329. The SMILES string of the molecule is CC(=O)c1ccc(N2C(=O)C3C(C=Cc4ccccc4)NC(Cc4ccc(O)cc4)(C(=O)O)C3C2=O)cc1. The first-order valence-electron chi connectivity index (χ1n) is 12.2. The van der Waals surface area contributed by atoms with Gasteiger partial charge in [0.25, 0.3) is 0 Å². The molecule has 3 N–H and O–H groups in total. The number of carbonyl (C=O) groups is 4. The zero-order valence-electron chi connectivity index (χ0n) is 20.6. The molecule has 8 heteroatoms. The maximum Gasteiger partial charge on any atom is 0.325 e. The number of imide groups is 1. The van der Waals surface area contributed by atoms with Crippen molar-refractivity contribution in [3.63, 3.8) is 0 Å². The van der Waals surface area contributed by atoms with Crippen LogP contribution < -0.4 is 10.2 Å². The molecule has 0 aliphatic carbocycles. The number of hydrogen-bond acceptors (Lipinski definition) is 6. The van der Waals surface area contributed by atoms with Crippen LogP contribution in [0.15, 0.2) is 84.9 Å². The summed E-state index contributed by atoms with van der Waals surface area (Å²) in [6.45, 7) is 1.42. The maximum atomic E-state index is 13.9. The van der Waals surface area contributed by atoms with E-state index in [4.69, 9.17) is 0 Å². The van der Waals surface area contributed by atoms with E-state index >= 15 is 0 Å². The van der Waals surface area contributed by atoms with Gasteiger partial charge < -0.3 is 10.2 Å². The topological polar surface area (TPSA) is 124 Å². The summed E-state index contributed by atoms with van der Waals surface area (Å²) in [6.07, 6.45) is 3.47. The third-order valence-corrected chi connectivity index (χ3v) is 7.32. The number of phenolic OH excluding ortho intramolecular Hbond substituents is 1. The Morgan fingerprint density at radius 3 is 2.21 bits per heavy atom. The minimum Gasteiger partial charge on any atom is -0.508 e. The first-order valence-corrected chi connectivity index (χ1v) is 12.2. The maximum absolute atomic E-state index is 13.9. The van der Waals surface area contributed by atoms with Crippen LogP contribution in [0, 0.1) is 11.8 Å². The highest BCUT2D eigenvalue weighted by Gasteiger charge is 2.68. The van der Waals surface area contributed by atoms with Crippen molar-refractivity contribution in [3.05, 3.63) is 102 Å². The normalized spacial score (nSPS) is 24.7. The lowest BCUT2D eigenvalue weighted by molar-refractivity contribution is -0.148. The second kappa shape index (κ2) is 9.72. The molecular formula is C30H26N2O6. The number of hydrogen-bond donors (Lipinski definition) is 3. The monoisotopic (exact) mass is 510 g/mol. The number of ketones is 1. The molecule has 2 heterocycles. The van der Waals surface area contributed by atoms with Crippen molar-refractivity contribution < 1.29 is 29.4 Å². The third kappa shape index (κ3) is 4.29. The fourth-order valence-corrected chi connectivity index (χ4v) is 5.46. The lowest BCUT2D eigenvalue weighted by Crippen LogP contribution is -2.58. The summed E-state index contributed by atoms with van der Waals surface area (Å²) < 4.78 is 0. The van der Waals surface area contributed by atoms with Crippen LogP contribution in [0.25, 0.3) is 6.08 Å². The van der Waals surface area contributed by atoms with Crippen molar-refractivity contribution in [2.75, 3.05) is 4.90 Å². The Hall–Kier alpha value is -4.56. The molecule has 2 saturated heterocycles. The molecule has 4 unspecified atom stereocenters. The van der Waals surface area contributed by atoms with Crippen LogP contribution >= 0.6 is 0 Å². The number of aromatic hydroxyl groups is 1. The van der Waals surface area contributed by atoms with Crippen LogP contribution in [-0.2, 0) is 20.8 Å². The van der Waals surface area contributed by atoms with Crippen LogP contribution in [0.3, 0.4) is 0 Å². The van der Waals surface area contributed by atoms with Gasteiger partial charge in [-0.15, -0.1) is 0 Å². The smallest absolute Gasteiger partial charge is 0.325 e. The zero-order valence-corrected chi connectivity index (χ0v) is 20.6. The number of anilines is 1. The van der Waals surface area contributed by atoms with E-state index in [1.54, 1.807) is 24.3 Å². The number of phenols is 1. The van der Waals surface area contributed by atoms with E-state index in [-0.39, 0.29) is 23.6 Å². The highest BCUT2D eigenvalue weighted by Crippen LogP contribution is 2.46. The lowest BCUT2D eigenvalue weighted by atomic mass is 9.76. The van der Waals surface area contributed by atoms with Gasteiger partial charge in [0.05, 0.1) is 17.5 Å². The minimum absolute atomic E-state index is 0.0337.